The summed E-state index contributed by atoms with van der Waals surface area (Å²) < 4.78 is 0. The lowest BCUT2D eigenvalue weighted by atomic mass is 10.1. The maximum absolute atomic E-state index is 13.2. The van der Waals surface area contributed by atoms with Gasteiger partial charge in [-0.25, -0.2) is 0 Å². The zero-order valence-corrected chi connectivity index (χ0v) is 15.0. The maximum atomic E-state index is 13.2. The third kappa shape index (κ3) is 4.74. The average molecular weight is 347 g/mol. The number of hydrogen-bond donors (Lipinski definition) is 0. The molecular formula is C22H21NOS. The van der Waals surface area contributed by atoms with E-state index in [-0.39, 0.29) is 11.2 Å². The molecule has 0 aliphatic carbocycles. The Morgan fingerprint density at radius 1 is 0.840 bits per heavy atom. The molecule has 0 radical (unpaired) electrons. The molecule has 0 heterocycles. The largest absolute Gasteiger partial charge is 0.340 e. The summed E-state index contributed by atoms with van der Waals surface area (Å²) in [6.07, 6.45) is 0. The van der Waals surface area contributed by atoms with Crippen LogP contribution in [0.1, 0.15) is 16.4 Å². The highest BCUT2D eigenvalue weighted by atomic mass is 32.2. The minimum atomic E-state index is -0.252. The van der Waals surface area contributed by atoms with Gasteiger partial charge in [0.15, 0.2) is 0 Å². The van der Waals surface area contributed by atoms with E-state index in [0.29, 0.717) is 6.54 Å². The Balaban J connectivity index is 1.81. The maximum Gasteiger partial charge on any atom is 0.240 e. The van der Waals surface area contributed by atoms with Crippen molar-refractivity contribution in [1.82, 2.24) is 4.90 Å². The van der Waals surface area contributed by atoms with Crippen LogP contribution in [0.25, 0.3) is 0 Å². The first-order valence-corrected chi connectivity index (χ1v) is 9.17. The molecule has 0 unspecified atom stereocenters. The van der Waals surface area contributed by atoms with Gasteiger partial charge in [0.1, 0.15) is 5.25 Å². The van der Waals surface area contributed by atoms with Crippen molar-refractivity contribution in [3.63, 3.8) is 0 Å². The van der Waals surface area contributed by atoms with Crippen LogP contribution in [-0.4, -0.2) is 17.9 Å². The molecule has 0 aliphatic heterocycles. The van der Waals surface area contributed by atoms with Crippen molar-refractivity contribution in [2.24, 2.45) is 0 Å². The van der Waals surface area contributed by atoms with Gasteiger partial charge in [0.05, 0.1) is 0 Å². The number of amides is 1. The summed E-state index contributed by atoms with van der Waals surface area (Å²) >= 11 is 1.60. The van der Waals surface area contributed by atoms with Crippen LogP contribution in [0.4, 0.5) is 0 Å². The average Bonchev–Trinajstić information content (AvgIpc) is 2.68. The molecule has 2 nitrogen and oxygen atoms in total. The number of rotatable bonds is 6. The molecule has 0 fully saturated rings. The van der Waals surface area contributed by atoms with E-state index in [0.717, 1.165) is 16.0 Å². The standard InChI is InChI=1S/C22H21NOS/c1-23(17-18-11-5-2-6-12-18)22(24)21(19-13-7-3-8-14-19)25-20-15-9-4-10-16-20/h2-16,21H,17H2,1H3/t21-/m0/s1. The van der Waals surface area contributed by atoms with Gasteiger partial charge in [-0.3, -0.25) is 4.79 Å². The van der Waals surface area contributed by atoms with Crippen molar-refractivity contribution in [3.05, 3.63) is 102 Å². The quantitative estimate of drug-likeness (QED) is 0.573. The van der Waals surface area contributed by atoms with E-state index < -0.39 is 0 Å². The lowest BCUT2D eigenvalue weighted by Gasteiger charge is -2.24. The fraction of sp³-hybridized carbons (Fsp3) is 0.136. The second-order valence-electron chi connectivity index (χ2n) is 5.90. The topological polar surface area (TPSA) is 20.3 Å². The Kier molecular flexibility index (Phi) is 5.91. The fourth-order valence-electron chi connectivity index (χ4n) is 2.66. The van der Waals surface area contributed by atoms with E-state index in [1.54, 1.807) is 11.8 Å². The van der Waals surface area contributed by atoms with Crippen molar-refractivity contribution < 1.29 is 4.79 Å². The highest BCUT2D eigenvalue weighted by Crippen LogP contribution is 2.36. The second kappa shape index (κ2) is 8.54. The second-order valence-corrected chi connectivity index (χ2v) is 7.08. The van der Waals surface area contributed by atoms with E-state index >= 15 is 0 Å². The Bertz CT molecular complexity index is 790. The van der Waals surface area contributed by atoms with E-state index in [1.807, 2.05) is 103 Å². The first-order chi connectivity index (χ1) is 12.2. The molecule has 1 amide bonds. The lowest BCUT2D eigenvalue weighted by Crippen LogP contribution is -2.30. The Labute approximate surface area is 153 Å². The van der Waals surface area contributed by atoms with Crippen molar-refractivity contribution in [2.75, 3.05) is 7.05 Å². The van der Waals surface area contributed by atoms with Crippen LogP contribution in [0, 0.1) is 0 Å². The van der Waals surface area contributed by atoms with Crippen LogP contribution < -0.4 is 0 Å². The number of carbonyl (C=O) groups excluding carboxylic acids is 1. The third-order valence-electron chi connectivity index (χ3n) is 3.96. The molecule has 126 valence electrons. The SMILES string of the molecule is CN(Cc1ccccc1)C(=O)[C@@H](Sc1ccccc1)c1ccccc1. The smallest absolute Gasteiger partial charge is 0.240 e. The summed E-state index contributed by atoms with van der Waals surface area (Å²) in [5, 5.41) is -0.252. The molecule has 3 aromatic rings. The van der Waals surface area contributed by atoms with E-state index in [9.17, 15) is 4.79 Å². The van der Waals surface area contributed by atoms with Crippen molar-refractivity contribution in [3.8, 4) is 0 Å². The van der Waals surface area contributed by atoms with Gasteiger partial charge < -0.3 is 4.90 Å². The van der Waals surface area contributed by atoms with Crippen LogP contribution in [-0.2, 0) is 11.3 Å². The first kappa shape index (κ1) is 17.3. The highest BCUT2D eigenvalue weighted by molar-refractivity contribution is 8.00. The molecule has 3 heteroatoms. The van der Waals surface area contributed by atoms with Crippen LogP contribution in [0.5, 0.6) is 0 Å². The summed E-state index contributed by atoms with van der Waals surface area (Å²) in [7, 11) is 1.87. The summed E-state index contributed by atoms with van der Waals surface area (Å²) in [5.74, 6) is 0.115. The molecule has 0 spiro atoms. The van der Waals surface area contributed by atoms with Crippen LogP contribution in [0.2, 0.25) is 0 Å². The summed E-state index contributed by atoms with van der Waals surface area (Å²) in [4.78, 5) is 16.1. The van der Waals surface area contributed by atoms with Crippen LogP contribution in [0.15, 0.2) is 95.9 Å². The van der Waals surface area contributed by atoms with Crippen molar-refractivity contribution in [2.45, 2.75) is 16.7 Å². The van der Waals surface area contributed by atoms with Gasteiger partial charge in [-0.1, -0.05) is 78.9 Å². The van der Waals surface area contributed by atoms with E-state index in [1.165, 1.54) is 0 Å². The molecule has 3 aromatic carbocycles. The number of carbonyl (C=O) groups is 1. The Hall–Kier alpha value is -2.52. The molecule has 0 bridgehead atoms. The first-order valence-electron chi connectivity index (χ1n) is 8.29. The number of nitrogens with zero attached hydrogens (tertiary/aromatic N) is 1. The zero-order chi connectivity index (χ0) is 17.5. The monoisotopic (exact) mass is 347 g/mol. The normalized spacial score (nSPS) is 11.7. The minimum absolute atomic E-state index is 0.115. The number of benzene rings is 3. The molecule has 0 saturated carbocycles. The number of thioether (sulfide) groups is 1. The summed E-state index contributed by atoms with van der Waals surface area (Å²) in [6, 6.07) is 30.2. The van der Waals surface area contributed by atoms with Gasteiger partial charge in [0, 0.05) is 18.5 Å². The third-order valence-corrected chi connectivity index (χ3v) is 5.22. The molecule has 3 rings (SSSR count). The van der Waals surface area contributed by atoms with Crippen molar-refractivity contribution >= 4 is 17.7 Å². The van der Waals surface area contributed by atoms with Crippen LogP contribution >= 0.6 is 11.8 Å². The van der Waals surface area contributed by atoms with Gasteiger partial charge in [-0.2, -0.15) is 0 Å². The zero-order valence-electron chi connectivity index (χ0n) is 14.2. The van der Waals surface area contributed by atoms with Crippen LogP contribution in [0.3, 0.4) is 0 Å². The predicted octanol–water partition coefficient (Wildman–Crippen LogP) is 5.18. The summed E-state index contributed by atoms with van der Waals surface area (Å²) in [5.41, 5.74) is 2.16. The van der Waals surface area contributed by atoms with Gasteiger partial charge in [0.25, 0.3) is 0 Å². The van der Waals surface area contributed by atoms with Crippen molar-refractivity contribution in [1.29, 1.82) is 0 Å². The van der Waals surface area contributed by atoms with Gasteiger partial charge >= 0.3 is 0 Å². The van der Waals surface area contributed by atoms with Gasteiger partial charge in [-0.05, 0) is 23.3 Å². The summed E-state index contributed by atoms with van der Waals surface area (Å²) in [6.45, 7) is 0.609. The van der Waals surface area contributed by atoms with Gasteiger partial charge in [0.2, 0.25) is 5.91 Å². The molecule has 25 heavy (non-hydrogen) atoms. The molecule has 0 aromatic heterocycles. The van der Waals surface area contributed by atoms with E-state index in [2.05, 4.69) is 0 Å². The highest BCUT2D eigenvalue weighted by Gasteiger charge is 2.25. The minimum Gasteiger partial charge on any atom is -0.340 e. The lowest BCUT2D eigenvalue weighted by molar-refractivity contribution is -0.129. The number of likely N-dealkylation sites (N-methyl/N-ethyl adjacent to an activating group) is 1. The fourth-order valence-corrected chi connectivity index (χ4v) is 3.82. The Morgan fingerprint density at radius 3 is 1.96 bits per heavy atom. The van der Waals surface area contributed by atoms with Gasteiger partial charge in [-0.15, -0.1) is 11.8 Å². The molecule has 0 N–H and O–H groups in total. The molecule has 0 aliphatic rings. The van der Waals surface area contributed by atoms with E-state index in [4.69, 9.17) is 0 Å². The molecule has 0 saturated heterocycles. The predicted molar refractivity (Wildman–Crippen MR) is 104 cm³/mol. The molecular weight excluding hydrogens is 326 g/mol. The molecule has 1 atom stereocenters. The Morgan fingerprint density at radius 2 is 1.36 bits per heavy atom. The number of hydrogen-bond acceptors (Lipinski definition) is 2.